The van der Waals surface area contributed by atoms with Gasteiger partial charge in [0.25, 0.3) is 5.89 Å². The van der Waals surface area contributed by atoms with E-state index in [1.165, 1.54) is 0 Å². The molecule has 1 fully saturated rings. The molecule has 4 aromatic rings. The van der Waals surface area contributed by atoms with Crippen LogP contribution in [-0.4, -0.2) is 32.4 Å². The summed E-state index contributed by atoms with van der Waals surface area (Å²) in [5.74, 6) is 1.79. The fourth-order valence-electron chi connectivity index (χ4n) is 3.62. The second kappa shape index (κ2) is 8.85. The SMILES string of the molecule is c1ccc(-c2nc(CSc3ncc(-c4ccccc4)n3CC3CCCO3)no2)cc1. The third-order valence-electron chi connectivity index (χ3n) is 5.12. The van der Waals surface area contributed by atoms with Crippen LogP contribution in [0.4, 0.5) is 0 Å². The summed E-state index contributed by atoms with van der Waals surface area (Å²) in [6, 6.07) is 20.2. The molecule has 1 aliphatic heterocycles. The van der Waals surface area contributed by atoms with Gasteiger partial charge in [0.2, 0.25) is 0 Å². The number of hydrogen-bond acceptors (Lipinski definition) is 6. The van der Waals surface area contributed by atoms with Gasteiger partial charge in [0.15, 0.2) is 11.0 Å². The molecule has 5 rings (SSSR count). The van der Waals surface area contributed by atoms with E-state index >= 15 is 0 Å². The van der Waals surface area contributed by atoms with Crippen LogP contribution in [0.1, 0.15) is 18.7 Å². The number of imidazole rings is 1. The maximum Gasteiger partial charge on any atom is 0.257 e. The molecule has 0 N–H and O–H groups in total. The van der Waals surface area contributed by atoms with Gasteiger partial charge in [0.05, 0.1) is 30.3 Å². The average Bonchev–Trinajstić information content (AvgIpc) is 3.56. The van der Waals surface area contributed by atoms with Gasteiger partial charge in [-0.1, -0.05) is 65.4 Å². The fourth-order valence-corrected chi connectivity index (χ4v) is 4.45. The predicted molar refractivity (Wildman–Crippen MR) is 116 cm³/mol. The Morgan fingerprint density at radius 1 is 1.00 bits per heavy atom. The van der Waals surface area contributed by atoms with Gasteiger partial charge in [0, 0.05) is 12.2 Å². The van der Waals surface area contributed by atoms with Crippen LogP contribution in [0, 0.1) is 0 Å². The molecule has 1 atom stereocenters. The molecule has 0 aliphatic carbocycles. The van der Waals surface area contributed by atoms with E-state index in [1.54, 1.807) is 11.8 Å². The Balaban J connectivity index is 1.36. The Bertz CT molecular complexity index is 1090. The second-order valence-corrected chi connectivity index (χ2v) is 8.15. The van der Waals surface area contributed by atoms with E-state index in [4.69, 9.17) is 14.2 Å². The minimum absolute atomic E-state index is 0.232. The summed E-state index contributed by atoms with van der Waals surface area (Å²) in [5, 5.41) is 5.08. The summed E-state index contributed by atoms with van der Waals surface area (Å²) in [5.41, 5.74) is 3.18. The smallest absolute Gasteiger partial charge is 0.257 e. The molecule has 0 saturated carbocycles. The van der Waals surface area contributed by atoms with Crippen LogP contribution >= 0.6 is 11.8 Å². The van der Waals surface area contributed by atoms with Gasteiger partial charge in [-0.25, -0.2) is 4.98 Å². The number of benzene rings is 2. The number of nitrogens with zero attached hydrogens (tertiary/aromatic N) is 4. The van der Waals surface area contributed by atoms with Crippen LogP contribution in [-0.2, 0) is 17.0 Å². The van der Waals surface area contributed by atoms with Crippen molar-refractivity contribution in [3.63, 3.8) is 0 Å². The van der Waals surface area contributed by atoms with E-state index in [1.807, 2.05) is 42.6 Å². The zero-order valence-electron chi connectivity index (χ0n) is 16.5. The number of aromatic nitrogens is 4. The highest BCUT2D eigenvalue weighted by atomic mass is 32.2. The maximum atomic E-state index is 5.89. The Labute approximate surface area is 179 Å². The lowest BCUT2D eigenvalue weighted by molar-refractivity contribution is 0.0954. The van der Waals surface area contributed by atoms with Gasteiger partial charge >= 0.3 is 0 Å². The molecule has 2 aromatic carbocycles. The summed E-state index contributed by atoms with van der Waals surface area (Å²) in [7, 11) is 0. The average molecular weight is 419 g/mol. The van der Waals surface area contributed by atoms with E-state index in [2.05, 4.69) is 39.0 Å². The number of ether oxygens (including phenoxy) is 1. The molecular weight excluding hydrogens is 396 g/mol. The van der Waals surface area contributed by atoms with Crippen LogP contribution < -0.4 is 0 Å². The highest BCUT2D eigenvalue weighted by molar-refractivity contribution is 7.98. The molecule has 6 nitrogen and oxygen atoms in total. The zero-order chi connectivity index (χ0) is 20.2. The van der Waals surface area contributed by atoms with Crippen molar-refractivity contribution >= 4 is 11.8 Å². The molecule has 0 radical (unpaired) electrons. The number of rotatable bonds is 7. The lowest BCUT2D eigenvalue weighted by atomic mass is 10.1. The Morgan fingerprint density at radius 3 is 2.50 bits per heavy atom. The van der Waals surface area contributed by atoms with Gasteiger partial charge in [-0.2, -0.15) is 4.98 Å². The van der Waals surface area contributed by atoms with Crippen LogP contribution in [0.2, 0.25) is 0 Å². The monoisotopic (exact) mass is 418 g/mol. The second-order valence-electron chi connectivity index (χ2n) is 7.21. The first-order chi connectivity index (χ1) is 14.9. The quantitative estimate of drug-likeness (QED) is 0.390. The van der Waals surface area contributed by atoms with E-state index in [-0.39, 0.29) is 6.10 Å². The molecule has 0 spiro atoms. The van der Waals surface area contributed by atoms with E-state index in [0.717, 1.165) is 48.0 Å². The van der Waals surface area contributed by atoms with Gasteiger partial charge < -0.3 is 13.8 Å². The first kappa shape index (κ1) is 19.1. The van der Waals surface area contributed by atoms with E-state index in [9.17, 15) is 0 Å². The van der Waals surface area contributed by atoms with Crippen LogP contribution in [0.3, 0.4) is 0 Å². The fraction of sp³-hybridized carbons (Fsp3) is 0.261. The van der Waals surface area contributed by atoms with Gasteiger partial charge in [-0.05, 0) is 30.5 Å². The number of thioether (sulfide) groups is 1. The van der Waals surface area contributed by atoms with Gasteiger partial charge in [0.1, 0.15) is 0 Å². The standard InChI is InChI=1S/C23H22N4O2S/c1-3-8-17(9-4-1)20-14-24-23(27(20)15-19-12-7-13-28-19)30-16-21-25-22(29-26-21)18-10-5-2-6-11-18/h1-6,8-11,14,19H,7,12-13,15-16H2. The van der Waals surface area contributed by atoms with Crippen molar-refractivity contribution in [1.29, 1.82) is 0 Å². The molecule has 2 aromatic heterocycles. The molecule has 3 heterocycles. The minimum atomic E-state index is 0.232. The number of hydrogen-bond donors (Lipinski definition) is 0. The summed E-state index contributed by atoms with van der Waals surface area (Å²) < 4.78 is 13.6. The molecule has 7 heteroatoms. The lowest BCUT2D eigenvalue weighted by Gasteiger charge is -2.16. The predicted octanol–water partition coefficient (Wildman–Crippen LogP) is 5.07. The first-order valence-corrected chi connectivity index (χ1v) is 11.1. The van der Waals surface area contributed by atoms with Crippen molar-refractivity contribution < 1.29 is 9.26 Å². The van der Waals surface area contributed by atoms with Gasteiger partial charge in [-0.15, -0.1) is 0 Å². The molecule has 1 unspecified atom stereocenters. The third kappa shape index (κ3) is 4.17. The highest BCUT2D eigenvalue weighted by Gasteiger charge is 2.21. The minimum Gasteiger partial charge on any atom is -0.376 e. The van der Waals surface area contributed by atoms with Crippen molar-refractivity contribution in [2.24, 2.45) is 0 Å². The van der Waals surface area contributed by atoms with Crippen molar-refractivity contribution in [3.05, 3.63) is 72.7 Å². The Hall–Kier alpha value is -2.90. The van der Waals surface area contributed by atoms with Crippen molar-refractivity contribution in [2.45, 2.75) is 36.4 Å². The summed E-state index contributed by atoms with van der Waals surface area (Å²) >= 11 is 1.62. The normalized spacial score (nSPS) is 16.2. The van der Waals surface area contributed by atoms with Crippen molar-refractivity contribution in [1.82, 2.24) is 19.7 Å². The zero-order valence-corrected chi connectivity index (χ0v) is 17.3. The molecular formula is C23H22N4O2S. The molecule has 0 amide bonds. The van der Waals surface area contributed by atoms with Crippen LogP contribution in [0.5, 0.6) is 0 Å². The maximum absolute atomic E-state index is 5.89. The lowest BCUT2D eigenvalue weighted by Crippen LogP contribution is -2.16. The summed E-state index contributed by atoms with van der Waals surface area (Å²) in [6.07, 6.45) is 4.38. The van der Waals surface area contributed by atoms with Gasteiger partial charge in [-0.3, -0.25) is 0 Å². The Morgan fingerprint density at radius 2 is 1.77 bits per heavy atom. The first-order valence-electron chi connectivity index (χ1n) is 10.1. The summed E-state index contributed by atoms with van der Waals surface area (Å²) in [6.45, 7) is 1.64. The van der Waals surface area contributed by atoms with Crippen LogP contribution in [0.15, 0.2) is 76.5 Å². The molecule has 0 bridgehead atoms. The van der Waals surface area contributed by atoms with Crippen molar-refractivity contribution in [3.8, 4) is 22.7 Å². The van der Waals surface area contributed by atoms with E-state index in [0.29, 0.717) is 17.5 Å². The Kier molecular flexibility index (Phi) is 5.63. The summed E-state index contributed by atoms with van der Waals surface area (Å²) in [4.78, 5) is 9.23. The molecule has 1 saturated heterocycles. The topological polar surface area (TPSA) is 66.0 Å². The van der Waals surface area contributed by atoms with E-state index < -0.39 is 0 Å². The third-order valence-corrected chi connectivity index (χ3v) is 6.10. The molecule has 152 valence electrons. The molecule has 1 aliphatic rings. The van der Waals surface area contributed by atoms with Crippen molar-refractivity contribution in [2.75, 3.05) is 6.61 Å². The van der Waals surface area contributed by atoms with Crippen LogP contribution in [0.25, 0.3) is 22.7 Å². The largest absolute Gasteiger partial charge is 0.376 e. The molecule has 30 heavy (non-hydrogen) atoms. The highest BCUT2D eigenvalue weighted by Crippen LogP contribution is 2.30.